The van der Waals surface area contributed by atoms with Gasteiger partial charge in [0.1, 0.15) is 6.04 Å². The number of likely N-dealkylation sites (N-methyl/N-ethyl adjacent to an activating group) is 1. The molecule has 1 aliphatic rings. The minimum Gasteiger partial charge on any atom is -0.383 e. The third-order valence-electron chi connectivity index (χ3n) is 3.35. The first kappa shape index (κ1) is 13.9. The van der Waals surface area contributed by atoms with Gasteiger partial charge in [-0.15, -0.1) is 0 Å². The van der Waals surface area contributed by atoms with Crippen LogP contribution in [0.15, 0.2) is 0 Å². The number of carbonyl (C=O) groups is 1. The van der Waals surface area contributed by atoms with Gasteiger partial charge in [-0.25, -0.2) is 0 Å². The lowest BCUT2D eigenvalue weighted by atomic mass is 10.1. The fourth-order valence-electron chi connectivity index (χ4n) is 2.22. The number of amides is 1. The first-order chi connectivity index (χ1) is 8.11. The van der Waals surface area contributed by atoms with Gasteiger partial charge in [-0.2, -0.15) is 5.26 Å². The summed E-state index contributed by atoms with van der Waals surface area (Å²) in [7, 11) is 3.45. The van der Waals surface area contributed by atoms with E-state index < -0.39 is 0 Å². The van der Waals surface area contributed by atoms with Crippen molar-refractivity contribution in [3.05, 3.63) is 0 Å². The summed E-state index contributed by atoms with van der Waals surface area (Å²) in [6, 6.07) is 2.09. The molecule has 1 heterocycles. The Hall–Kier alpha value is -1.12. The van der Waals surface area contributed by atoms with Gasteiger partial charge in [0.25, 0.3) is 0 Å². The predicted molar refractivity (Wildman–Crippen MR) is 64.3 cm³/mol. The van der Waals surface area contributed by atoms with Crippen LogP contribution in [0.5, 0.6) is 0 Å². The van der Waals surface area contributed by atoms with Gasteiger partial charge in [0.05, 0.1) is 19.1 Å². The van der Waals surface area contributed by atoms with E-state index in [1.54, 1.807) is 19.1 Å². The first-order valence-corrected chi connectivity index (χ1v) is 5.98. The zero-order chi connectivity index (χ0) is 12.8. The van der Waals surface area contributed by atoms with E-state index in [2.05, 4.69) is 17.9 Å². The van der Waals surface area contributed by atoms with E-state index in [4.69, 9.17) is 10.00 Å². The largest absolute Gasteiger partial charge is 0.383 e. The lowest BCUT2D eigenvalue weighted by Crippen LogP contribution is -2.48. The second-order valence-electron chi connectivity index (χ2n) is 4.51. The minimum atomic E-state index is -0.322. The zero-order valence-electron chi connectivity index (χ0n) is 10.8. The van der Waals surface area contributed by atoms with Crippen LogP contribution < -0.4 is 0 Å². The topological polar surface area (TPSA) is 56.6 Å². The van der Waals surface area contributed by atoms with E-state index in [-0.39, 0.29) is 18.4 Å². The highest BCUT2D eigenvalue weighted by Gasteiger charge is 2.34. The van der Waals surface area contributed by atoms with Crippen LogP contribution in [0.1, 0.15) is 19.8 Å². The standard InChI is InChI=1S/C12H21N3O2/c1-10-5-7-14(2)12(16)11(4-6-13)15(10)8-9-17-3/h10-11H,4-5,7-9H2,1-3H3. The van der Waals surface area contributed by atoms with Crippen molar-refractivity contribution in [2.45, 2.75) is 31.8 Å². The molecule has 1 amide bonds. The summed E-state index contributed by atoms with van der Waals surface area (Å²) in [6.45, 7) is 4.14. The van der Waals surface area contributed by atoms with Gasteiger partial charge in [-0.3, -0.25) is 9.69 Å². The quantitative estimate of drug-likeness (QED) is 0.715. The number of nitrogens with zero attached hydrogens (tertiary/aromatic N) is 3. The normalized spacial score (nSPS) is 26.7. The fourth-order valence-corrected chi connectivity index (χ4v) is 2.22. The maximum Gasteiger partial charge on any atom is 0.240 e. The van der Waals surface area contributed by atoms with Crippen molar-refractivity contribution < 1.29 is 9.53 Å². The average Bonchev–Trinajstić information content (AvgIpc) is 2.41. The van der Waals surface area contributed by atoms with Crippen LogP contribution in [-0.4, -0.2) is 61.6 Å². The van der Waals surface area contributed by atoms with Crippen LogP contribution in [0, 0.1) is 11.3 Å². The molecular weight excluding hydrogens is 218 g/mol. The summed E-state index contributed by atoms with van der Waals surface area (Å²) in [5, 5.41) is 8.87. The summed E-state index contributed by atoms with van der Waals surface area (Å²) in [6.07, 6.45) is 1.19. The van der Waals surface area contributed by atoms with Crippen LogP contribution in [0.3, 0.4) is 0 Å². The van der Waals surface area contributed by atoms with Crippen molar-refractivity contribution in [1.29, 1.82) is 5.26 Å². The van der Waals surface area contributed by atoms with Crippen molar-refractivity contribution in [3.8, 4) is 6.07 Å². The molecule has 0 aliphatic carbocycles. The van der Waals surface area contributed by atoms with Crippen molar-refractivity contribution in [1.82, 2.24) is 9.80 Å². The van der Waals surface area contributed by atoms with Crippen LogP contribution >= 0.6 is 0 Å². The third-order valence-corrected chi connectivity index (χ3v) is 3.35. The lowest BCUT2D eigenvalue weighted by molar-refractivity contribution is -0.134. The molecule has 0 saturated carbocycles. The van der Waals surface area contributed by atoms with E-state index in [1.807, 2.05) is 0 Å². The molecule has 0 spiro atoms. The molecule has 17 heavy (non-hydrogen) atoms. The fraction of sp³-hybridized carbons (Fsp3) is 0.833. The Bertz CT molecular complexity index is 301. The second kappa shape index (κ2) is 6.58. The van der Waals surface area contributed by atoms with Gasteiger partial charge in [-0.05, 0) is 13.3 Å². The number of ether oxygens (including phenoxy) is 1. The van der Waals surface area contributed by atoms with Gasteiger partial charge in [0.15, 0.2) is 0 Å². The molecule has 0 radical (unpaired) electrons. The van der Waals surface area contributed by atoms with Crippen molar-refractivity contribution in [3.63, 3.8) is 0 Å². The van der Waals surface area contributed by atoms with Gasteiger partial charge >= 0.3 is 0 Å². The molecule has 0 aromatic heterocycles. The smallest absolute Gasteiger partial charge is 0.240 e. The Morgan fingerprint density at radius 1 is 1.59 bits per heavy atom. The summed E-state index contributed by atoms with van der Waals surface area (Å²) in [5.74, 6) is 0.0482. The molecule has 2 unspecified atom stereocenters. The molecule has 5 nitrogen and oxygen atoms in total. The highest BCUT2D eigenvalue weighted by atomic mass is 16.5. The maximum absolute atomic E-state index is 12.1. The molecular formula is C12H21N3O2. The molecule has 0 aromatic carbocycles. The zero-order valence-corrected chi connectivity index (χ0v) is 10.8. The molecule has 1 fully saturated rings. The van der Waals surface area contributed by atoms with Crippen molar-refractivity contribution >= 4 is 5.91 Å². The van der Waals surface area contributed by atoms with Gasteiger partial charge < -0.3 is 9.64 Å². The molecule has 1 saturated heterocycles. The Morgan fingerprint density at radius 3 is 2.88 bits per heavy atom. The van der Waals surface area contributed by atoms with Crippen LogP contribution in [0.25, 0.3) is 0 Å². The lowest BCUT2D eigenvalue weighted by Gasteiger charge is -2.31. The monoisotopic (exact) mass is 239 g/mol. The van der Waals surface area contributed by atoms with Crippen molar-refractivity contribution in [2.75, 3.05) is 33.9 Å². The number of hydrogen-bond donors (Lipinski definition) is 0. The number of rotatable bonds is 4. The minimum absolute atomic E-state index is 0.0482. The maximum atomic E-state index is 12.1. The highest BCUT2D eigenvalue weighted by molar-refractivity contribution is 5.82. The Labute approximate surface area is 103 Å². The van der Waals surface area contributed by atoms with Crippen molar-refractivity contribution in [2.24, 2.45) is 0 Å². The summed E-state index contributed by atoms with van der Waals surface area (Å²) in [4.78, 5) is 16.0. The van der Waals surface area contributed by atoms with Gasteiger partial charge in [-0.1, -0.05) is 0 Å². The Balaban J connectivity index is 2.84. The van der Waals surface area contributed by atoms with Crippen LogP contribution in [-0.2, 0) is 9.53 Å². The third kappa shape index (κ3) is 3.42. The van der Waals surface area contributed by atoms with Gasteiger partial charge in [0, 0.05) is 33.3 Å². The number of hydrogen-bond acceptors (Lipinski definition) is 4. The van der Waals surface area contributed by atoms with Crippen LogP contribution in [0.2, 0.25) is 0 Å². The SMILES string of the molecule is COCCN1C(C)CCN(C)C(=O)C1CC#N. The predicted octanol–water partition coefficient (Wildman–Crippen LogP) is 0.468. The van der Waals surface area contributed by atoms with E-state index in [0.29, 0.717) is 19.2 Å². The van der Waals surface area contributed by atoms with Gasteiger partial charge in [0.2, 0.25) is 5.91 Å². The summed E-state index contributed by atoms with van der Waals surface area (Å²) < 4.78 is 5.07. The summed E-state index contributed by atoms with van der Waals surface area (Å²) in [5.41, 5.74) is 0. The van der Waals surface area contributed by atoms with Crippen LogP contribution in [0.4, 0.5) is 0 Å². The van der Waals surface area contributed by atoms with E-state index in [0.717, 1.165) is 13.0 Å². The Morgan fingerprint density at radius 2 is 2.29 bits per heavy atom. The molecule has 1 aliphatic heterocycles. The summed E-state index contributed by atoms with van der Waals surface area (Å²) >= 11 is 0. The Kier molecular flexibility index (Phi) is 5.39. The number of nitriles is 1. The molecule has 0 aromatic rings. The van der Waals surface area contributed by atoms with E-state index in [1.165, 1.54) is 0 Å². The average molecular weight is 239 g/mol. The van der Waals surface area contributed by atoms with E-state index >= 15 is 0 Å². The molecule has 1 rings (SSSR count). The number of methoxy groups -OCH3 is 1. The number of carbonyl (C=O) groups excluding carboxylic acids is 1. The first-order valence-electron chi connectivity index (χ1n) is 5.98. The molecule has 0 bridgehead atoms. The second-order valence-corrected chi connectivity index (χ2v) is 4.51. The molecule has 2 atom stereocenters. The molecule has 5 heteroatoms. The highest BCUT2D eigenvalue weighted by Crippen LogP contribution is 2.18. The molecule has 96 valence electrons. The molecule has 0 N–H and O–H groups in total. The van der Waals surface area contributed by atoms with E-state index in [9.17, 15) is 4.79 Å².